The van der Waals surface area contributed by atoms with Crippen molar-refractivity contribution in [1.82, 2.24) is 5.32 Å². The molecule has 0 spiro atoms. The first-order valence-electron chi connectivity index (χ1n) is 5.18. The number of carbonyl (C=O) groups is 1. The van der Waals surface area contributed by atoms with Crippen LogP contribution in [0.1, 0.15) is 18.5 Å². The van der Waals surface area contributed by atoms with Gasteiger partial charge in [0.1, 0.15) is 11.5 Å². The van der Waals surface area contributed by atoms with Crippen molar-refractivity contribution in [1.29, 1.82) is 0 Å². The Labute approximate surface area is 101 Å². The summed E-state index contributed by atoms with van der Waals surface area (Å²) in [6.45, 7) is 1.84. The van der Waals surface area contributed by atoms with E-state index in [0.717, 1.165) is 5.56 Å². The Morgan fingerprint density at radius 1 is 1.24 bits per heavy atom. The van der Waals surface area contributed by atoms with Gasteiger partial charge in [0.15, 0.2) is 0 Å². The van der Waals surface area contributed by atoms with Crippen LogP contribution in [0.25, 0.3) is 0 Å². The number of rotatable bonds is 4. The topological polar surface area (TPSA) is 56.8 Å². The van der Waals surface area contributed by atoms with Crippen molar-refractivity contribution in [3.05, 3.63) is 23.8 Å². The van der Waals surface area contributed by atoms with Crippen molar-refractivity contribution in [2.24, 2.45) is 0 Å². The molecule has 1 atom stereocenters. The Bertz CT molecular complexity index is 392. The van der Waals surface area contributed by atoms with Crippen LogP contribution in [0.5, 0.6) is 11.5 Å². The molecule has 1 aromatic carbocycles. The van der Waals surface area contributed by atoms with Crippen molar-refractivity contribution in [3.63, 3.8) is 0 Å². The second kappa shape index (κ2) is 5.98. The molecule has 94 valence electrons. The molecular formula is C12H17NO4. The minimum Gasteiger partial charge on any atom is -0.497 e. The molecule has 1 N–H and O–H groups in total. The SMILES string of the molecule is COC(=O)N[C@H](C)c1cc(OC)ccc1OC. The summed E-state index contributed by atoms with van der Waals surface area (Å²) in [5.41, 5.74) is 0.831. The van der Waals surface area contributed by atoms with E-state index in [2.05, 4.69) is 10.1 Å². The van der Waals surface area contributed by atoms with E-state index in [1.54, 1.807) is 26.4 Å². The molecule has 0 aliphatic heterocycles. The monoisotopic (exact) mass is 239 g/mol. The molecule has 0 aliphatic carbocycles. The largest absolute Gasteiger partial charge is 0.497 e. The molecular weight excluding hydrogens is 222 g/mol. The number of amides is 1. The Morgan fingerprint density at radius 3 is 2.47 bits per heavy atom. The molecule has 0 radical (unpaired) electrons. The minimum atomic E-state index is -0.484. The minimum absolute atomic E-state index is 0.229. The molecule has 0 saturated heterocycles. The highest BCUT2D eigenvalue weighted by Gasteiger charge is 2.15. The van der Waals surface area contributed by atoms with Crippen LogP contribution in [-0.4, -0.2) is 27.4 Å². The van der Waals surface area contributed by atoms with Crippen LogP contribution in [-0.2, 0) is 4.74 Å². The van der Waals surface area contributed by atoms with Crippen LogP contribution in [0.3, 0.4) is 0 Å². The fourth-order valence-corrected chi connectivity index (χ4v) is 1.49. The first kappa shape index (κ1) is 13.2. The normalized spacial score (nSPS) is 11.5. The number of alkyl carbamates (subject to hydrolysis) is 1. The Morgan fingerprint density at radius 2 is 1.94 bits per heavy atom. The predicted molar refractivity (Wildman–Crippen MR) is 63.5 cm³/mol. The Balaban J connectivity index is 2.96. The van der Waals surface area contributed by atoms with Crippen LogP contribution in [0.2, 0.25) is 0 Å². The first-order valence-corrected chi connectivity index (χ1v) is 5.18. The molecule has 17 heavy (non-hydrogen) atoms. The van der Waals surface area contributed by atoms with Gasteiger partial charge in [-0.15, -0.1) is 0 Å². The van der Waals surface area contributed by atoms with Crippen molar-refractivity contribution in [2.45, 2.75) is 13.0 Å². The molecule has 0 fully saturated rings. The molecule has 1 aromatic rings. The number of nitrogens with one attached hydrogen (secondary N) is 1. The fourth-order valence-electron chi connectivity index (χ4n) is 1.49. The molecule has 0 aromatic heterocycles. The maximum Gasteiger partial charge on any atom is 0.407 e. The van der Waals surface area contributed by atoms with Gasteiger partial charge >= 0.3 is 6.09 Å². The average molecular weight is 239 g/mol. The maximum absolute atomic E-state index is 11.1. The number of benzene rings is 1. The van der Waals surface area contributed by atoms with E-state index in [0.29, 0.717) is 11.5 Å². The first-order chi connectivity index (χ1) is 8.12. The lowest BCUT2D eigenvalue weighted by atomic mass is 10.1. The number of carbonyl (C=O) groups excluding carboxylic acids is 1. The second-order valence-electron chi connectivity index (χ2n) is 3.47. The third-order valence-electron chi connectivity index (χ3n) is 2.42. The number of methoxy groups -OCH3 is 3. The van der Waals surface area contributed by atoms with Crippen molar-refractivity contribution < 1.29 is 19.0 Å². The smallest absolute Gasteiger partial charge is 0.407 e. The van der Waals surface area contributed by atoms with E-state index in [9.17, 15) is 4.79 Å². The van der Waals surface area contributed by atoms with Crippen LogP contribution in [0.15, 0.2) is 18.2 Å². The van der Waals surface area contributed by atoms with Crippen LogP contribution in [0, 0.1) is 0 Å². The zero-order valence-corrected chi connectivity index (χ0v) is 10.4. The van der Waals surface area contributed by atoms with Crippen LogP contribution < -0.4 is 14.8 Å². The fraction of sp³-hybridized carbons (Fsp3) is 0.417. The van der Waals surface area contributed by atoms with Gasteiger partial charge in [-0.05, 0) is 25.1 Å². The lowest BCUT2D eigenvalue weighted by Crippen LogP contribution is -2.26. The van der Waals surface area contributed by atoms with E-state index in [1.807, 2.05) is 13.0 Å². The molecule has 0 bridgehead atoms. The number of ether oxygens (including phenoxy) is 3. The van der Waals surface area contributed by atoms with Gasteiger partial charge in [-0.3, -0.25) is 0 Å². The molecule has 1 rings (SSSR count). The summed E-state index contributed by atoms with van der Waals surface area (Å²) < 4.78 is 14.9. The van der Waals surface area contributed by atoms with Crippen molar-refractivity contribution in [3.8, 4) is 11.5 Å². The van der Waals surface area contributed by atoms with E-state index in [1.165, 1.54) is 7.11 Å². The van der Waals surface area contributed by atoms with E-state index < -0.39 is 6.09 Å². The van der Waals surface area contributed by atoms with Gasteiger partial charge in [0.05, 0.1) is 27.4 Å². The third-order valence-corrected chi connectivity index (χ3v) is 2.42. The van der Waals surface area contributed by atoms with Gasteiger partial charge < -0.3 is 19.5 Å². The summed E-state index contributed by atoms with van der Waals surface area (Å²) >= 11 is 0. The standard InChI is InChI=1S/C12H17NO4/c1-8(13-12(14)17-4)10-7-9(15-2)5-6-11(10)16-3/h5-8H,1-4H3,(H,13,14)/t8-/m1/s1. The molecule has 0 heterocycles. The lowest BCUT2D eigenvalue weighted by molar-refractivity contribution is 0.167. The second-order valence-corrected chi connectivity index (χ2v) is 3.47. The highest BCUT2D eigenvalue weighted by molar-refractivity contribution is 5.67. The molecule has 0 saturated carbocycles. The maximum atomic E-state index is 11.1. The summed E-state index contributed by atoms with van der Waals surface area (Å²) in [6, 6.07) is 5.18. The summed E-state index contributed by atoms with van der Waals surface area (Å²) in [7, 11) is 4.49. The summed E-state index contributed by atoms with van der Waals surface area (Å²) in [4.78, 5) is 11.1. The van der Waals surface area contributed by atoms with Gasteiger partial charge in [-0.2, -0.15) is 0 Å². The predicted octanol–water partition coefficient (Wildman–Crippen LogP) is 2.12. The van der Waals surface area contributed by atoms with Crippen molar-refractivity contribution >= 4 is 6.09 Å². The average Bonchev–Trinajstić information content (AvgIpc) is 2.37. The molecule has 0 aliphatic rings. The summed E-state index contributed by atoms with van der Waals surface area (Å²) in [5, 5.41) is 2.68. The van der Waals surface area contributed by atoms with Crippen molar-refractivity contribution in [2.75, 3.05) is 21.3 Å². The summed E-state index contributed by atoms with van der Waals surface area (Å²) in [6.07, 6.45) is -0.484. The quantitative estimate of drug-likeness (QED) is 0.874. The highest BCUT2D eigenvalue weighted by Crippen LogP contribution is 2.29. The molecule has 5 heteroatoms. The number of hydrogen-bond acceptors (Lipinski definition) is 4. The third kappa shape index (κ3) is 3.27. The van der Waals surface area contributed by atoms with E-state index >= 15 is 0 Å². The van der Waals surface area contributed by atoms with E-state index in [-0.39, 0.29) is 6.04 Å². The zero-order valence-electron chi connectivity index (χ0n) is 10.4. The zero-order chi connectivity index (χ0) is 12.8. The van der Waals surface area contributed by atoms with Gasteiger partial charge in [0.2, 0.25) is 0 Å². The van der Waals surface area contributed by atoms with Gasteiger partial charge in [0.25, 0.3) is 0 Å². The van der Waals surface area contributed by atoms with Gasteiger partial charge in [0, 0.05) is 5.56 Å². The van der Waals surface area contributed by atoms with Gasteiger partial charge in [-0.1, -0.05) is 0 Å². The highest BCUT2D eigenvalue weighted by atomic mass is 16.5. The van der Waals surface area contributed by atoms with E-state index in [4.69, 9.17) is 9.47 Å². The molecule has 0 unspecified atom stereocenters. The van der Waals surface area contributed by atoms with Crippen LogP contribution >= 0.6 is 0 Å². The summed E-state index contributed by atoms with van der Waals surface area (Å²) in [5.74, 6) is 1.40. The Kier molecular flexibility index (Phi) is 4.63. The lowest BCUT2D eigenvalue weighted by Gasteiger charge is -2.17. The molecule has 1 amide bonds. The molecule has 5 nitrogen and oxygen atoms in total. The number of hydrogen-bond donors (Lipinski definition) is 1. The van der Waals surface area contributed by atoms with Crippen LogP contribution in [0.4, 0.5) is 4.79 Å². The van der Waals surface area contributed by atoms with Gasteiger partial charge in [-0.25, -0.2) is 4.79 Å². The Hall–Kier alpha value is -1.91.